The molecule has 130 valence electrons. The first-order valence-electron chi connectivity index (χ1n) is 9.37. The van der Waals surface area contributed by atoms with Crippen LogP contribution in [-0.4, -0.2) is 5.78 Å². The number of anilines is 3. The molecular formula is C24H23NO. The summed E-state index contributed by atoms with van der Waals surface area (Å²) in [6.45, 7) is 0. The zero-order valence-electron chi connectivity index (χ0n) is 14.8. The smallest absolute Gasteiger partial charge is 0.165 e. The van der Waals surface area contributed by atoms with Gasteiger partial charge in [-0.1, -0.05) is 49.2 Å². The monoisotopic (exact) mass is 341 g/mol. The SMILES string of the molecule is O=C(c1ccc(N(c2ccccc2)c2ccccc2)cc1)C1CCCC1. The molecule has 0 amide bonds. The van der Waals surface area contributed by atoms with E-state index in [1.807, 2.05) is 48.5 Å². The minimum absolute atomic E-state index is 0.222. The summed E-state index contributed by atoms with van der Waals surface area (Å²) in [5.41, 5.74) is 4.11. The highest BCUT2D eigenvalue weighted by Gasteiger charge is 2.24. The maximum atomic E-state index is 12.7. The molecule has 26 heavy (non-hydrogen) atoms. The summed E-state index contributed by atoms with van der Waals surface area (Å²) in [7, 11) is 0. The predicted molar refractivity (Wildman–Crippen MR) is 107 cm³/mol. The lowest BCUT2D eigenvalue weighted by Crippen LogP contribution is -2.12. The second kappa shape index (κ2) is 7.57. The number of Topliss-reactive ketones (excluding diaryl/α,β-unsaturated/α-hetero) is 1. The lowest BCUT2D eigenvalue weighted by molar-refractivity contribution is 0.0923. The maximum Gasteiger partial charge on any atom is 0.165 e. The molecule has 0 unspecified atom stereocenters. The lowest BCUT2D eigenvalue weighted by Gasteiger charge is -2.25. The van der Waals surface area contributed by atoms with Crippen LogP contribution in [0.3, 0.4) is 0 Å². The average molecular weight is 341 g/mol. The van der Waals surface area contributed by atoms with Crippen molar-refractivity contribution in [2.45, 2.75) is 25.7 Å². The van der Waals surface area contributed by atoms with E-state index in [9.17, 15) is 4.79 Å². The van der Waals surface area contributed by atoms with Crippen molar-refractivity contribution in [1.29, 1.82) is 0 Å². The second-order valence-corrected chi connectivity index (χ2v) is 6.90. The Hall–Kier alpha value is -2.87. The molecule has 2 heteroatoms. The van der Waals surface area contributed by atoms with Crippen LogP contribution in [-0.2, 0) is 0 Å². The quantitative estimate of drug-likeness (QED) is 0.492. The molecule has 0 bridgehead atoms. The van der Waals surface area contributed by atoms with Gasteiger partial charge in [0, 0.05) is 28.5 Å². The third kappa shape index (κ3) is 3.41. The number of hydrogen-bond donors (Lipinski definition) is 0. The van der Waals surface area contributed by atoms with Crippen molar-refractivity contribution in [2.24, 2.45) is 5.92 Å². The zero-order chi connectivity index (χ0) is 17.8. The van der Waals surface area contributed by atoms with Gasteiger partial charge in [0.25, 0.3) is 0 Å². The van der Waals surface area contributed by atoms with E-state index in [0.717, 1.165) is 35.5 Å². The Labute approximate surface area is 155 Å². The summed E-state index contributed by atoms with van der Waals surface area (Å²) in [6.07, 6.45) is 4.45. The molecule has 0 atom stereocenters. The van der Waals surface area contributed by atoms with E-state index < -0.39 is 0 Å². The molecule has 0 aliphatic heterocycles. The van der Waals surface area contributed by atoms with E-state index in [0.29, 0.717) is 5.78 Å². The zero-order valence-corrected chi connectivity index (χ0v) is 14.8. The standard InChI is InChI=1S/C24H23NO/c26-24(19-9-7-8-10-19)20-15-17-23(18-16-20)25(21-11-3-1-4-12-21)22-13-5-2-6-14-22/h1-6,11-19H,7-10H2. The molecule has 1 fully saturated rings. The first-order chi connectivity index (χ1) is 12.8. The Kier molecular flexibility index (Phi) is 4.83. The summed E-state index contributed by atoms with van der Waals surface area (Å²) in [5, 5.41) is 0. The third-order valence-electron chi connectivity index (χ3n) is 5.16. The van der Waals surface area contributed by atoms with Crippen LogP contribution in [0.2, 0.25) is 0 Å². The number of hydrogen-bond acceptors (Lipinski definition) is 2. The molecule has 0 spiro atoms. The summed E-state index contributed by atoms with van der Waals surface area (Å²) in [4.78, 5) is 14.9. The van der Waals surface area contributed by atoms with Crippen molar-refractivity contribution in [3.8, 4) is 0 Å². The predicted octanol–water partition coefficient (Wildman–Crippen LogP) is 6.53. The molecule has 1 aliphatic rings. The highest BCUT2D eigenvalue weighted by molar-refractivity contribution is 5.98. The molecule has 0 N–H and O–H groups in total. The molecule has 0 aromatic heterocycles. The van der Waals surface area contributed by atoms with Gasteiger partial charge in [0.05, 0.1) is 0 Å². The summed E-state index contributed by atoms with van der Waals surface area (Å²) in [5.74, 6) is 0.528. The fourth-order valence-electron chi connectivity index (χ4n) is 3.80. The third-order valence-corrected chi connectivity index (χ3v) is 5.16. The van der Waals surface area contributed by atoms with Crippen LogP contribution in [0.5, 0.6) is 0 Å². The number of nitrogens with zero attached hydrogens (tertiary/aromatic N) is 1. The first-order valence-corrected chi connectivity index (χ1v) is 9.37. The highest BCUT2D eigenvalue weighted by atomic mass is 16.1. The number of benzene rings is 3. The van der Waals surface area contributed by atoms with Crippen LogP contribution in [0.1, 0.15) is 36.0 Å². The molecule has 1 aliphatic carbocycles. The Balaban J connectivity index is 1.67. The fourth-order valence-corrected chi connectivity index (χ4v) is 3.80. The number of para-hydroxylation sites is 2. The maximum absolute atomic E-state index is 12.7. The van der Waals surface area contributed by atoms with E-state index in [2.05, 4.69) is 41.3 Å². The van der Waals surface area contributed by atoms with E-state index in [4.69, 9.17) is 0 Å². The minimum atomic E-state index is 0.222. The number of rotatable bonds is 5. The molecule has 4 rings (SSSR count). The number of ketones is 1. The van der Waals surface area contributed by atoms with Gasteiger partial charge in [0.2, 0.25) is 0 Å². The van der Waals surface area contributed by atoms with Crippen molar-refractivity contribution in [3.05, 3.63) is 90.5 Å². The fraction of sp³-hybridized carbons (Fsp3) is 0.208. The molecule has 1 saturated carbocycles. The lowest BCUT2D eigenvalue weighted by atomic mass is 9.96. The highest BCUT2D eigenvalue weighted by Crippen LogP contribution is 2.35. The van der Waals surface area contributed by atoms with Crippen LogP contribution in [0.25, 0.3) is 0 Å². The van der Waals surface area contributed by atoms with Crippen molar-refractivity contribution < 1.29 is 4.79 Å². The van der Waals surface area contributed by atoms with Crippen LogP contribution >= 0.6 is 0 Å². The summed E-state index contributed by atoms with van der Waals surface area (Å²) >= 11 is 0. The Morgan fingerprint density at radius 1 is 0.654 bits per heavy atom. The van der Waals surface area contributed by atoms with Gasteiger partial charge in [-0.05, 0) is 61.4 Å². The molecule has 3 aromatic rings. The van der Waals surface area contributed by atoms with Crippen molar-refractivity contribution >= 4 is 22.8 Å². The van der Waals surface area contributed by atoms with E-state index in [1.165, 1.54) is 12.8 Å². The van der Waals surface area contributed by atoms with Gasteiger partial charge < -0.3 is 4.90 Å². The van der Waals surface area contributed by atoms with Gasteiger partial charge in [0.1, 0.15) is 0 Å². The van der Waals surface area contributed by atoms with Gasteiger partial charge >= 0.3 is 0 Å². The minimum Gasteiger partial charge on any atom is -0.311 e. The average Bonchev–Trinajstić information content (AvgIpc) is 3.25. The molecule has 0 saturated heterocycles. The Bertz CT molecular complexity index is 810. The van der Waals surface area contributed by atoms with Crippen LogP contribution in [0.4, 0.5) is 17.1 Å². The topological polar surface area (TPSA) is 20.3 Å². The van der Waals surface area contributed by atoms with Gasteiger partial charge in [-0.25, -0.2) is 0 Å². The first kappa shape index (κ1) is 16.6. The molecule has 3 aromatic carbocycles. The molecule has 0 radical (unpaired) electrons. The van der Waals surface area contributed by atoms with Gasteiger partial charge in [-0.3, -0.25) is 4.79 Å². The second-order valence-electron chi connectivity index (χ2n) is 6.90. The van der Waals surface area contributed by atoms with Crippen LogP contribution in [0.15, 0.2) is 84.9 Å². The van der Waals surface area contributed by atoms with Crippen molar-refractivity contribution in [3.63, 3.8) is 0 Å². The summed E-state index contributed by atoms with van der Waals surface area (Å²) < 4.78 is 0. The van der Waals surface area contributed by atoms with E-state index in [-0.39, 0.29) is 5.92 Å². The molecular weight excluding hydrogens is 318 g/mol. The number of carbonyl (C=O) groups excluding carboxylic acids is 1. The van der Waals surface area contributed by atoms with Gasteiger partial charge in [-0.15, -0.1) is 0 Å². The largest absolute Gasteiger partial charge is 0.311 e. The number of carbonyl (C=O) groups is 1. The van der Waals surface area contributed by atoms with Crippen molar-refractivity contribution in [2.75, 3.05) is 4.90 Å². The Morgan fingerprint density at radius 3 is 1.62 bits per heavy atom. The molecule has 2 nitrogen and oxygen atoms in total. The van der Waals surface area contributed by atoms with Gasteiger partial charge in [-0.2, -0.15) is 0 Å². The van der Waals surface area contributed by atoms with E-state index in [1.54, 1.807) is 0 Å². The van der Waals surface area contributed by atoms with Crippen LogP contribution in [0, 0.1) is 5.92 Å². The molecule has 0 heterocycles. The summed E-state index contributed by atoms with van der Waals surface area (Å²) in [6, 6.07) is 28.7. The normalized spacial score (nSPS) is 14.3. The van der Waals surface area contributed by atoms with E-state index >= 15 is 0 Å². The Morgan fingerprint density at radius 2 is 1.12 bits per heavy atom. The van der Waals surface area contributed by atoms with Crippen LogP contribution < -0.4 is 4.90 Å². The van der Waals surface area contributed by atoms with Crippen molar-refractivity contribution in [1.82, 2.24) is 0 Å². The van der Waals surface area contributed by atoms with Gasteiger partial charge in [0.15, 0.2) is 5.78 Å².